The molecule has 1 amide bonds. The minimum absolute atomic E-state index is 0.164. The van der Waals surface area contributed by atoms with Crippen molar-refractivity contribution in [2.24, 2.45) is 0 Å². The quantitative estimate of drug-likeness (QED) is 0.806. The smallest absolute Gasteiger partial charge is 0.233 e. The fourth-order valence-electron chi connectivity index (χ4n) is 3.11. The molecule has 1 aromatic heterocycles. The normalized spacial score (nSPS) is 21.4. The first-order valence-electron chi connectivity index (χ1n) is 7.94. The molecule has 0 bridgehead atoms. The molecule has 3 rings (SSSR count). The van der Waals surface area contributed by atoms with E-state index < -0.39 is 0 Å². The van der Waals surface area contributed by atoms with Crippen LogP contribution in [-0.2, 0) is 4.79 Å². The van der Waals surface area contributed by atoms with Crippen LogP contribution in [0.3, 0.4) is 0 Å². The lowest BCUT2D eigenvalue weighted by atomic mass is 9.98. The summed E-state index contributed by atoms with van der Waals surface area (Å²) < 4.78 is 1.67. The van der Waals surface area contributed by atoms with Gasteiger partial charge in [-0.2, -0.15) is 4.68 Å². The van der Waals surface area contributed by atoms with Gasteiger partial charge in [0, 0.05) is 12.1 Å². The van der Waals surface area contributed by atoms with Crippen molar-refractivity contribution >= 4 is 17.7 Å². The molecule has 0 aliphatic carbocycles. The van der Waals surface area contributed by atoms with Gasteiger partial charge < -0.3 is 4.90 Å². The van der Waals surface area contributed by atoms with Crippen LogP contribution >= 0.6 is 11.8 Å². The number of aromatic nitrogens is 4. The molecule has 7 heteroatoms. The molecular formula is C16H21N5OS. The number of hydrogen-bond acceptors (Lipinski definition) is 5. The van der Waals surface area contributed by atoms with Gasteiger partial charge in [0.05, 0.1) is 11.4 Å². The zero-order valence-electron chi connectivity index (χ0n) is 13.4. The average molecular weight is 331 g/mol. The molecule has 0 saturated carbocycles. The first-order valence-corrected chi connectivity index (χ1v) is 8.93. The second-order valence-corrected chi connectivity index (χ2v) is 6.87. The Morgan fingerprint density at radius 2 is 1.91 bits per heavy atom. The molecule has 1 aliphatic heterocycles. The molecule has 122 valence electrons. The van der Waals surface area contributed by atoms with Crippen molar-refractivity contribution in [3.05, 3.63) is 30.3 Å². The number of carbonyl (C=O) groups is 1. The van der Waals surface area contributed by atoms with Crippen molar-refractivity contribution in [2.75, 3.05) is 5.75 Å². The largest absolute Gasteiger partial charge is 0.337 e. The Balaban J connectivity index is 1.67. The third kappa shape index (κ3) is 3.55. The van der Waals surface area contributed by atoms with Crippen molar-refractivity contribution in [1.82, 2.24) is 25.1 Å². The number of nitrogens with zero attached hydrogens (tertiary/aromatic N) is 5. The molecule has 1 aliphatic rings. The fraction of sp³-hybridized carbons (Fsp3) is 0.500. The van der Waals surface area contributed by atoms with Crippen molar-refractivity contribution < 1.29 is 4.79 Å². The molecule has 1 fully saturated rings. The molecule has 6 nitrogen and oxygen atoms in total. The summed E-state index contributed by atoms with van der Waals surface area (Å²) in [4.78, 5) is 14.6. The Morgan fingerprint density at radius 1 is 1.22 bits per heavy atom. The zero-order valence-corrected chi connectivity index (χ0v) is 14.2. The van der Waals surface area contributed by atoms with E-state index in [2.05, 4.69) is 29.4 Å². The van der Waals surface area contributed by atoms with E-state index in [1.165, 1.54) is 18.2 Å². The van der Waals surface area contributed by atoms with Crippen LogP contribution < -0.4 is 0 Å². The summed E-state index contributed by atoms with van der Waals surface area (Å²) in [5.74, 6) is 0.527. The molecular weight excluding hydrogens is 310 g/mol. The van der Waals surface area contributed by atoms with Crippen LogP contribution in [0.4, 0.5) is 0 Å². The minimum atomic E-state index is 0.164. The van der Waals surface area contributed by atoms with Gasteiger partial charge >= 0.3 is 0 Å². The number of benzene rings is 1. The monoisotopic (exact) mass is 331 g/mol. The molecule has 0 N–H and O–H groups in total. The first-order chi connectivity index (χ1) is 11.2. The molecule has 2 unspecified atom stereocenters. The Labute approximate surface area is 140 Å². The van der Waals surface area contributed by atoms with Crippen LogP contribution in [0.25, 0.3) is 5.69 Å². The second-order valence-electron chi connectivity index (χ2n) is 5.93. The highest BCUT2D eigenvalue weighted by molar-refractivity contribution is 7.99. The summed E-state index contributed by atoms with van der Waals surface area (Å²) in [5.41, 5.74) is 0.896. The van der Waals surface area contributed by atoms with Crippen molar-refractivity contribution in [3.63, 3.8) is 0 Å². The number of tetrazole rings is 1. The van der Waals surface area contributed by atoms with Crippen LogP contribution in [0.1, 0.15) is 33.1 Å². The Bertz CT molecular complexity index is 650. The maximum Gasteiger partial charge on any atom is 0.233 e. The fourth-order valence-corrected chi connectivity index (χ4v) is 3.87. The summed E-state index contributed by atoms with van der Waals surface area (Å²) in [6.45, 7) is 4.26. The molecule has 2 aromatic rings. The van der Waals surface area contributed by atoms with Crippen LogP contribution in [0.5, 0.6) is 0 Å². The van der Waals surface area contributed by atoms with Crippen LogP contribution in [0, 0.1) is 0 Å². The Morgan fingerprint density at radius 3 is 2.61 bits per heavy atom. The van der Waals surface area contributed by atoms with Gasteiger partial charge in [0.2, 0.25) is 11.1 Å². The number of likely N-dealkylation sites (tertiary alicyclic amines) is 1. The van der Waals surface area contributed by atoms with E-state index in [4.69, 9.17) is 0 Å². The second kappa shape index (κ2) is 7.12. The SMILES string of the molecule is CC1CCCC(C)N1C(=O)CSc1nnnn1-c1ccccc1. The third-order valence-electron chi connectivity index (χ3n) is 4.25. The summed E-state index contributed by atoms with van der Waals surface area (Å²) in [6.07, 6.45) is 3.37. The van der Waals surface area contributed by atoms with Crippen molar-refractivity contribution in [2.45, 2.75) is 50.4 Å². The molecule has 1 aromatic carbocycles. The number of piperidine rings is 1. The van der Waals surface area contributed by atoms with Crippen LogP contribution in [-0.4, -0.2) is 48.9 Å². The molecule has 2 heterocycles. The lowest BCUT2D eigenvalue weighted by molar-refractivity contribution is -0.134. The van der Waals surface area contributed by atoms with Gasteiger partial charge in [0.25, 0.3) is 0 Å². The third-order valence-corrected chi connectivity index (χ3v) is 5.15. The number of amides is 1. The maximum absolute atomic E-state index is 12.6. The standard InChI is InChI=1S/C16H21N5OS/c1-12-7-6-8-13(2)20(12)15(22)11-23-16-17-18-19-21(16)14-9-4-3-5-10-14/h3-5,9-10,12-13H,6-8,11H2,1-2H3. The molecule has 23 heavy (non-hydrogen) atoms. The number of para-hydroxylation sites is 1. The number of hydrogen-bond donors (Lipinski definition) is 0. The zero-order chi connectivity index (χ0) is 16.2. The van der Waals surface area contributed by atoms with E-state index in [-0.39, 0.29) is 5.91 Å². The van der Waals surface area contributed by atoms with E-state index in [0.29, 0.717) is 23.0 Å². The van der Waals surface area contributed by atoms with Crippen molar-refractivity contribution in [3.8, 4) is 5.69 Å². The van der Waals surface area contributed by atoms with E-state index in [9.17, 15) is 4.79 Å². The molecule has 1 saturated heterocycles. The summed E-state index contributed by atoms with van der Waals surface area (Å²) in [7, 11) is 0. The van der Waals surface area contributed by atoms with Gasteiger partial charge in [-0.25, -0.2) is 0 Å². The van der Waals surface area contributed by atoms with Crippen LogP contribution in [0.15, 0.2) is 35.5 Å². The number of carbonyl (C=O) groups excluding carboxylic acids is 1. The number of thioether (sulfide) groups is 1. The Kier molecular flexibility index (Phi) is 4.95. The van der Waals surface area contributed by atoms with Gasteiger partial charge in [-0.15, -0.1) is 5.10 Å². The molecule has 0 spiro atoms. The minimum Gasteiger partial charge on any atom is -0.337 e. The predicted molar refractivity (Wildman–Crippen MR) is 89.5 cm³/mol. The van der Waals surface area contributed by atoms with Gasteiger partial charge in [-0.05, 0) is 55.7 Å². The molecule has 2 atom stereocenters. The highest BCUT2D eigenvalue weighted by atomic mass is 32.2. The summed E-state index contributed by atoms with van der Waals surface area (Å²) in [6, 6.07) is 10.3. The highest BCUT2D eigenvalue weighted by Gasteiger charge is 2.29. The maximum atomic E-state index is 12.6. The topological polar surface area (TPSA) is 63.9 Å². The Hall–Kier alpha value is -1.89. The number of rotatable bonds is 4. The summed E-state index contributed by atoms with van der Waals surface area (Å²) in [5, 5.41) is 12.4. The van der Waals surface area contributed by atoms with E-state index in [1.807, 2.05) is 35.2 Å². The summed E-state index contributed by atoms with van der Waals surface area (Å²) >= 11 is 1.39. The van der Waals surface area contributed by atoms with Gasteiger partial charge in [0.15, 0.2) is 0 Å². The van der Waals surface area contributed by atoms with E-state index >= 15 is 0 Å². The van der Waals surface area contributed by atoms with E-state index in [1.54, 1.807) is 4.68 Å². The predicted octanol–water partition coefficient (Wildman–Crippen LogP) is 2.54. The van der Waals surface area contributed by atoms with E-state index in [0.717, 1.165) is 18.5 Å². The van der Waals surface area contributed by atoms with Gasteiger partial charge in [-0.3, -0.25) is 4.79 Å². The first kappa shape index (κ1) is 16.0. The lowest BCUT2D eigenvalue weighted by Gasteiger charge is -2.39. The van der Waals surface area contributed by atoms with Gasteiger partial charge in [0.1, 0.15) is 0 Å². The lowest BCUT2D eigenvalue weighted by Crippen LogP contribution is -2.48. The van der Waals surface area contributed by atoms with Crippen molar-refractivity contribution in [1.29, 1.82) is 0 Å². The highest BCUT2D eigenvalue weighted by Crippen LogP contribution is 2.25. The average Bonchev–Trinajstić information content (AvgIpc) is 3.02. The van der Waals surface area contributed by atoms with Gasteiger partial charge in [-0.1, -0.05) is 30.0 Å². The molecule has 0 radical (unpaired) electrons. The van der Waals surface area contributed by atoms with Crippen LogP contribution in [0.2, 0.25) is 0 Å².